The standard InChI is InChI=1S/C18H26N2O/c1-2-14-6-8-16(9-7-14)13-20-18(21)11-10-15-4-3-5-17(19)12-15/h3-5,10-12,14,16H,2,6-9,13,19H2,1H3,(H,20,21)/b11-10+. The zero-order valence-electron chi connectivity index (χ0n) is 12.8. The Labute approximate surface area is 127 Å². The summed E-state index contributed by atoms with van der Waals surface area (Å²) in [5, 5.41) is 3.01. The third-order valence-electron chi connectivity index (χ3n) is 4.45. The molecule has 0 unspecified atom stereocenters. The fourth-order valence-corrected chi connectivity index (χ4v) is 2.98. The van der Waals surface area contributed by atoms with E-state index in [4.69, 9.17) is 5.73 Å². The summed E-state index contributed by atoms with van der Waals surface area (Å²) in [7, 11) is 0. The number of rotatable bonds is 5. The molecule has 2 rings (SSSR count). The van der Waals surface area contributed by atoms with Crippen LogP contribution in [0.4, 0.5) is 5.69 Å². The fraction of sp³-hybridized carbons (Fsp3) is 0.500. The number of nitrogens with one attached hydrogen (secondary N) is 1. The van der Waals surface area contributed by atoms with Crippen molar-refractivity contribution in [2.75, 3.05) is 12.3 Å². The van der Waals surface area contributed by atoms with Gasteiger partial charge < -0.3 is 11.1 Å². The minimum Gasteiger partial charge on any atom is -0.399 e. The Morgan fingerprint density at radius 3 is 2.67 bits per heavy atom. The Balaban J connectivity index is 1.73. The number of anilines is 1. The number of amides is 1. The number of hydrogen-bond acceptors (Lipinski definition) is 2. The van der Waals surface area contributed by atoms with Gasteiger partial charge in [0.1, 0.15) is 0 Å². The molecule has 3 heteroatoms. The van der Waals surface area contributed by atoms with Gasteiger partial charge in [-0.2, -0.15) is 0 Å². The van der Waals surface area contributed by atoms with E-state index < -0.39 is 0 Å². The Morgan fingerprint density at radius 2 is 2.00 bits per heavy atom. The van der Waals surface area contributed by atoms with E-state index in [-0.39, 0.29) is 5.91 Å². The maximum absolute atomic E-state index is 11.8. The highest BCUT2D eigenvalue weighted by atomic mass is 16.1. The second kappa shape index (κ2) is 7.87. The lowest BCUT2D eigenvalue weighted by atomic mass is 9.81. The third kappa shape index (κ3) is 5.25. The largest absolute Gasteiger partial charge is 0.399 e. The Morgan fingerprint density at radius 1 is 1.29 bits per heavy atom. The monoisotopic (exact) mass is 286 g/mol. The van der Waals surface area contributed by atoms with Gasteiger partial charge in [0, 0.05) is 18.3 Å². The van der Waals surface area contributed by atoms with Gasteiger partial charge in [0.15, 0.2) is 0 Å². The van der Waals surface area contributed by atoms with Crippen molar-refractivity contribution in [1.82, 2.24) is 5.32 Å². The maximum atomic E-state index is 11.8. The van der Waals surface area contributed by atoms with Crippen LogP contribution in [-0.2, 0) is 4.79 Å². The molecule has 0 heterocycles. The van der Waals surface area contributed by atoms with Crippen molar-refractivity contribution >= 4 is 17.7 Å². The molecule has 0 spiro atoms. The summed E-state index contributed by atoms with van der Waals surface area (Å²) in [6.45, 7) is 3.07. The van der Waals surface area contributed by atoms with E-state index in [0.29, 0.717) is 11.6 Å². The number of nitrogens with two attached hydrogens (primary N) is 1. The summed E-state index contributed by atoms with van der Waals surface area (Å²) in [4.78, 5) is 11.8. The fourth-order valence-electron chi connectivity index (χ4n) is 2.98. The van der Waals surface area contributed by atoms with E-state index in [1.807, 2.05) is 24.3 Å². The molecule has 114 valence electrons. The minimum absolute atomic E-state index is 0.0185. The molecule has 0 aliphatic heterocycles. The summed E-state index contributed by atoms with van der Waals surface area (Å²) in [5.74, 6) is 1.54. The predicted octanol–water partition coefficient (Wildman–Crippen LogP) is 3.61. The second-order valence-corrected chi connectivity index (χ2v) is 6.04. The highest BCUT2D eigenvalue weighted by molar-refractivity contribution is 5.91. The molecule has 3 N–H and O–H groups in total. The molecule has 1 aromatic carbocycles. The second-order valence-electron chi connectivity index (χ2n) is 6.04. The quantitative estimate of drug-likeness (QED) is 0.641. The predicted molar refractivity (Wildman–Crippen MR) is 88.6 cm³/mol. The van der Waals surface area contributed by atoms with E-state index in [9.17, 15) is 4.79 Å². The lowest BCUT2D eigenvalue weighted by molar-refractivity contribution is -0.116. The lowest BCUT2D eigenvalue weighted by Gasteiger charge is -2.27. The van der Waals surface area contributed by atoms with Gasteiger partial charge in [-0.3, -0.25) is 4.79 Å². The zero-order chi connectivity index (χ0) is 15.1. The lowest BCUT2D eigenvalue weighted by Crippen LogP contribution is -2.30. The molecule has 21 heavy (non-hydrogen) atoms. The zero-order valence-corrected chi connectivity index (χ0v) is 12.8. The van der Waals surface area contributed by atoms with Gasteiger partial charge in [-0.05, 0) is 48.4 Å². The number of hydrogen-bond donors (Lipinski definition) is 2. The summed E-state index contributed by atoms with van der Waals surface area (Å²) < 4.78 is 0. The van der Waals surface area contributed by atoms with Crippen molar-refractivity contribution in [3.05, 3.63) is 35.9 Å². The molecule has 0 atom stereocenters. The number of benzene rings is 1. The first-order chi connectivity index (χ1) is 10.2. The van der Waals surface area contributed by atoms with Gasteiger partial charge in [-0.1, -0.05) is 38.3 Å². The Hall–Kier alpha value is -1.77. The molecule has 1 amide bonds. The van der Waals surface area contributed by atoms with E-state index in [1.54, 1.807) is 12.2 Å². The smallest absolute Gasteiger partial charge is 0.244 e. The molecule has 0 bridgehead atoms. The Bertz CT molecular complexity index is 488. The average molecular weight is 286 g/mol. The van der Waals surface area contributed by atoms with E-state index in [1.165, 1.54) is 32.1 Å². The topological polar surface area (TPSA) is 55.1 Å². The molecular weight excluding hydrogens is 260 g/mol. The highest BCUT2D eigenvalue weighted by Gasteiger charge is 2.19. The van der Waals surface area contributed by atoms with Gasteiger partial charge >= 0.3 is 0 Å². The first kappa shape index (κ1) is 15.6. The molecule has 0 saturated heterocycles. The summed E-state index contributed by atoms with van der Waals surface area (Å²) in [5.41, 5.74) is 7.37. The van der Waals surface area contributed by atoms with Crippen molar-refractivity contribution in [3.8, 4) is 0 Å². The van der Waals surface area contributed by atoms with Crippen LogP contribution in [0.25, 0.3) is 6.08 Å². The summed E-state index contributed by atoms with van der Waals surface area (Å²) in [6.07, 6.45) is 9.82. The van der Waals surface area contributed by atoms with Crippen molar-refractivity contribution in [1.29, 1.82) is 0 Å². The first-order valence-corrected chi connectivity index (χ1v) is 7.99. The molecule has 1 aromatic rings. The van der Waals surface area contributed by atoms with Crippen LogP contribution in [0.3, 0.4) is 0 Å². The van der Waals surface area contributed by atoms with Gasteiger partial charge in [0.2, 0.25) is 5.91 Å². The van der Waals surface area contributed by atoms with Crippen LogP contribution >= 0.6 is 0 Å². The third-order valence-corrected chi connectivity index (χ3v) is 4.45. The number of nitrogen functional groups attached to an aromatic ring is 1. The molecule has 3 nitrogen and oxygen atoms in total. The summed E-state index contributed by atoms with van der Waals surface area (Å²) >= 11 is 0. The van der Waals surface area contributed by atoms with Gasteiger partial charge in [-0.15, -0.1) is 0 Å². The van der Waals surface area contributed by atoms with Crippen LogP contribution in [0, 0.1) is 11.8 Å². The van der Waals surface area contributed by atoms with E-state index in [0.717, 1.165) is 18.0 Å². The average Bonchev–Trinajstić information content (AvgIpc) is 2.51. The van der Waals surface area contributed by atoms with Crippen molar-refractivity contribution in [2.24, 2.45) is 11.8 Å². The van der Waals surface area contributed by atoms with Crippen molar-refractivity contribution in [3.63, 3.8) is 0 Å². The maximum Gasteiger partial charge on any atom is 0.244 e. The normalized spacial score (nSPS) is 22.3. The van der Waals surface area contributed by atoms with Crippen LogP contribution in [0.15, 0.2) is 30.3 Å². The molecule has 1 aliphatic carbocycles. The highest BCUT2D eigenvalue weighted by Crippen LogP contribution is 2.30. The molecular formula is C18H26N2O. The molecule has 0 radical (unpaired) electrons. The molecule has 0 aromatic heterocycles. The SMILES string of the molecule is CCC1CCC(CNC(=O)/C=C/c2cccc(N)c2)CC1. The first-order valence-electron chi connectivity index (χ1n) is 7.99. The van der Waals surface area contributed by atoms with Crippen LogP contribution in [0.2, 0.25) is 0 Å². The van der Waals surface area contributed by atoms with Gasteiger partial charge in [0.05, 0.1) is 0 Å². The van der Waals surface area contributed by atoms with Gasteiger partial charge in [-0.25, -0.2) is 0 Å². The van der Waals surface area contributed by atoms with Crippen molar-refractivity contribution < 1.29 is 4.79 Å². The van der Waals surface area contributed by atoms with Crippen LogP contribution in [-0.4, -0.2) is 12.5 Å². The number of carbonyl (C=O) groups excluding carboxylic acids is 1. The molecule has 1 saturated carbocycles. The van der Waals surface area contributed by atoms with Crippen LogP contribution < -0.4 is 11.1 Å². The minimum atomic E-state index is -0.0185. The molecule has 1 fully saturated rings. The van der Waals surface area contributed by atoms with Gasteiger partial charge in [0.25, 0.3) is 0 Å². The summed E-state index contributed by atoms with van der Waals surface area (Å²) in [6, 6.07) is 7.52. The van der Waals surface area contributed by atoms with E-state index in [2.05, 4.69) is 12.2 Å². The Kier molecular flexibility index (Phi) is 5.85. The van der Waals surface area contributed by atoms with Crippen LogP contribution in [0.5, 0.6) is 0 Å². The van der Waals surface area contributed by atoms with Crippen molar-refractivity contribution in [2.45, 2.75) is 39.0 Å². The van der Waals surface area contributed by atoms with Crippen LogP contribution in [0.1, 0.15) is 44.6 Å². The number of carbonyl (C=O) groups is 1. The molecule has 1 aliphatic rings. The van der Waals surface area contributed by atoms with E-state index >= 15 is 0 Å².